The van der Waals surface area contributed by atoms with Crippen LogP contribution in [0.5, 0.6) is 0 Å². The number of hydrogen-bond acceptors (Lipinski definition) is 2. The number of esters is 1. The van der Waals surface area contributed by atoms with E-state index in [-0.39, 0.29) is 16.8 Å². The van der Waals surface area contributed by atoms with Crippen LogP contribution in [0.4, 0.5) is 0 Å². The monoisotopic (exact) mass is 352 g/mol. The van der Waals surface area contributed by atoms with Gasteiger partial charge >= 0.3 is 5.97 Å². The minimum Gasteiger partial charge on any atom is -0.469 e. The Bertz CT molecular complexity index is 548. The van der Waals surface area contributed by atoms with Gasteiger partial charge in [0.05, 0.1) is 12.5 Å². The van der Waals surface area contributed by atoms with Gasteiger partial charge in [-0.15, -0.1) is 11.6 Å². The summed E-state index contributed by atoms with van der Waals surface area (Å²) in [5.74, 6) is 0.960. The van der Waals surface area contributed by atoms with Crippen LogP contribution in [0.25, 0.3) is 0 Å². The van der Waals surface area contributed by atoms with Gasteiger partial charge < -0.3 is 4.74 Å². The van der Waals surface area contributed by atoms with Crippen LogP contribution in [0.2, 0.25) is 0 Å². The third kappa shape index (κ3) is 3.45. The Hall–Kier alpha value is -0.760. The molecule has 2 rings (SSSR count). The number of hydrogen-bond donors (Lipinski definition) is 0. The number of rotatable bonds is 5. The molecule has 0 saturated heterocycles. The van der Waals surface area contributed by atoms with E-state index in [1.165, 1.54) is 19.1 Å². The molecule has 0 N–H and O–H groups in total. The van der Waals surface area contributed by atoms with Gasteiger partial charge in [-0.3, -0.25) is 4.79 Å². The van der Waals surface area contributed by atoms with Gasteiger partial charge in [0.15, 0.2) is 0 Å². The Morgan fingerprint density at radius 1 is 1.38 bits per heavy atom. The summed E-state index contributed by atoms with van der Waals surface area (Å²) >= 11 is 5.83. The lowest BCUT2D eigenvalue weighted by Crippen LogP contribution is -2.50. The number of carbonyl (C=O) groups is 1. The van der Waals surface area contributed by atoms with Crippen LogP contribution in [0.15, 0.2) is 22.8 Å². The molecule has 0 bridgehead atoms. The highest BCUT2D eigenvalue weighted by Crippen LogP contribution is 2.60. The second-order valence-electron chi connectivity index (χ2n) is 8.23. The summed E-state index contributed by atoms with van der Waals surface area (Å²) in [5.41, 5.74) is 4.29. The summed E-state index contributed by atoms with van der Waals surface area (Å²) < 4.78 is 5.20. The van der Waals surface area contributed by atoms with E-state index in [9.17, 15) is 4.79 Å². The fraction of sp³-hybridized carbons (Fsp3) is 0.762. The van der Waals surface area contributed by atoms with Crippen LogP contribution < -0.4 is 0 Å². The van der Waals surface area contributed by atoms with Crippen molar-refractivity contribution in [3.05, 3.63) is 22.8 Å². The zero-order chi connectivity index (χ0) is 18.0. The first-order chi connectivity index (χ1) is 11.3. The normalized spacial score (nSPS) is 34.1. The van der Waals surface area contributed by atoms with E-state index in [0.29, 0.717) is 11.8 Å². The number of ether oxygens (including phenoxy) is 1. The second kappa shape index (κ2) is 7.64. The van der Waals surface area contributed by atoms with Crippen molar-refractivity contribution < 1.29 is 9.53 Å². The quantitative estimate of drug-likeness (QED) is 0.342. The highest BCUT2D eigenvalue weighted by molar-refractivity contribution is 6.18. The number of fused-ring (bicyclic) bond motifs is 1. The molecule has 1 saturated carbocycles. The minimum absolute atomic E-state index is 0.0180. The van der Waals surface area contributed by atoms with Gasteiger partial charge in [-0.05, 0) is 70.6 Å². The number of halogens is 1. The summed E-state index contributed by atoms with van der Waals surface area (Å²) in [6.07, 6.45) is 9.73. The van der Waals surface area contributed by atoms with E-state index in [1.54, 1.807) is 11.1 Å². The van der Waals surface area contributed by atoms with Crippen molar-refractivity contribution in [1.82, 2.24) is 0 Å². The van der Waals surface area contributed by atoms with Gasteiger partial charge in [-0.25, -0.2) is 0 Å². The first kappa shape index (κ1) is 19.6. The van der Waals surface area contributed by atoms with Crippen LogP contribution >= 0.6 is 11.6 Å². The average molecular weight is 353 g/mol. The molecule has 0 amide bonds. The van der Waals surface area contributed by atoms with E-state index in [1.807, 2.05) is 0 Å². The van der Waals surface area contributed by atoms with Crippen LogP contribution in [-0.2, 0) is 9.53 Å². The zero-order valence-corrected chi connectivity index (χ0v) is 16.8. The summed E-state index contributed by atoms with van der Waals surface area (Å²) in [6.45, 7) is 9.00. The number of allylic oxidation sites excluding steroid dienone is 4. The molecule has 0 aliphatic heterocycles. The van der Waals surface area contributed by atoms with Gasteiger partial charge in [0.25, 0.3) is 0 Å². The summed E-state index contributed by atoms with van der Waals surface area (Å²) in [6, 6.07) is 0. The first-order valence-corrected chi connectivity index (χ1v) is 9.82. The van der Waals surface area contributed by atoms with Gasteiger partial charge in [-0.2, -0.15) is 0 Å². The van der Waals surface area contributed by atoms with Crippen molar-refractivity contribution in [1.29, 1.82) is 0 Å². The minimum atomic E-state index is -0.339. The highest BCUT2D eigenvalue weighted by atomic mass is 35.5. The number of carbonyl (C=O) groups excluding carboxylic acids is 1. The van der Waals surface area contributed by atoms with Gasteiger partial charge in [0.2, 0.25) is 0 Å². The molecule has 0 aromatic rings. The molecule has 0 spiro atoms. The van der Waals surface area contributed by atoms with E-state index >= 15 is 0 Å². The molecule has 3 heteroatoms. The lowest BCUT2D eigenvalue weighted by molar-refractivity contribution is -0.163. The Kier molecular flexibility index (Phi) is 6.23. The van der Waals surface area contributed by atoms with Gasteiger partial charge in [-0.1, -0.05) is 36.1 Å². The van der Waals surface area contributed by atoms with Gasteiger partial charge in [0.1, 0.15) is 0 Å². The van der Waals surface area contributed by atoms with Crippen molar-refractivity contribution in [3.8, 4) is 0 Å². The number of methoxy groups -OCH3 is 1. The maximum Gasteiger partial charge on any atom is 0.311 e. The fourth-order valence-electron chi connectivity index (χ4n) is 5.40. The maximum absolute atomic E-state index is 12.6. The third-order valence-corrected chi connectivity index (χ3v) is 6.94. The molecule has 2 aliphatic carbocycles. The van der Waals surface area contributed by atoms with Crippen LogP contribution in [0, 0.1) is 16.7 Å². The molecule has 0 aromatic heterocycles. The van der Waals surface area contributed by atoms with E-state index in [2.05, 4.69) is 33.8 Å². The van der Waals surface area contributed by atoms with Crippen LogP contribution in [0.3, 0.4) is 0 Å². The average Bonchev–Trinajstić information content (AvgIpc) is 2.53. The summed E-state index contributed by atoms with van der Waals surface area (Å²) in [7, 11) is 1.53. The molecule has 3 atom stereocenters. The predicted molar refractivity (Wildman–Crippen MR) is 101 cm³/mol. The molecule has 0 unspecified atom stereocenters. The molecular weight excluding hydrogens is 320 g/mol. The maximum atomic E-state index is 12.6. The zero-order valence-electron chi connectivity index (χ0n) is 16.0. The molecule has 136 valence electrons. The van der Waals surface area contributed by atoms with Crippen LogP contribution in [0.1, 0.15) is 72.6 Å². The third-order valence-electron chi connectivity index (χ3n) is 6.79. The van der Waals surface area contributed by atoms with E-state index < -0.39 is 0 Å². The molecule has 1 fully saturated rings. The molecule has 24 heavy (non-hydrogen) atoms. The highest BCUT2D eigenvalue weighted by Gasteiger charge is 2.55. The smallest absolute Gasteiger partial charge is 0.311 e. The van der Waals surface area contributed by atoms with Crippen molar-refractivity contribution in [2.24, 2.45) is 16.7 Å². The van der Waals surface area contributed by atoms with Crippen molar-refractivity contribution >= 4 is 17.6 Å². The predicted octanol–water partition coefficient (Wildman–Crippen LogP) is 6.05. The topological polar surface area (TPSA) is 26.3 Å². The van der Waals surface area contributed by atoms with Crippen molar-refractivity contribution in [3.63, 3.8) is 0 Å². The van der Waals surface area contributed by atoms with Crippen molar-refractivity contribution in [2.75, 3.05) is 13.0 Å². The molecule has 2 aliphatic rings. The fourth-order valence-corrected chi connectivity index (χ4v) is 5.67. The molecule has 2 nitrogen and oxygen atoms in total. The molecular formula is C21H33ClO2. The second-order valence-corrected chi connectivity index (χ2v) is 8.54. The van der Waals surface area contributed by atoms with Crippen LogP contribution in [-0.4, -0.2) is 19.0 Å². The Morgan fingerprint density at radius 3 is 2.71 bits per heavy atom. The first-order valence-electron chi connectivity index (χ1n) is 9.28. The van der Waals surface area contributed by atoms with Gasteiger partial charge in [0, 0.05) is 5.88 Å². The van der Waals surface area contributed by atoms with E-state index in [0.717, 1.165) is 38.5 Å². The SMILES string of the molecule is COC(=O)[C@@]1(C)CCC[C@]2(C)C(CC/C(C)=C/CCl)=C(C)CC[C@@H]12. The Morgan fingerprint density at radius 2 is 2.08 bits per heavy atom. The number of alkyl halides is 1. The van der Waals surface area contributed by atoms with E-state index in [4.69, 9.17) is 16.3 Å². The van der Waals surface area contributed by atoms with Crippen molar-refractivity contribution in [2.45, 2.75) is 72.6 Å². The standard InChI is InChI=1S/C21H33ClO2/c1-15(11-14-22)7-9-17-16(2)8-10-18-20(17,3)12-6-13-21(18,4)19(23)24-5/h11,18H,6-10,12-14H2,1-5H3/b15-11+/t18-,20-,21+/m1/s1. The Balaban J connectivity index is 2.32. The lowest BCUT2D eigenvalue weighted by Gasteiger charge is -2.55. The molecule has 0 heterocycles. The molecule has 0 aromatic carbocycles. The Labute approximate surface area is 152 Å². The molecule has 0 radical (unpaired) electrons. The lowest BCUT2D eigenvalue weighted by atomic mass is 9.49. The summed E-state index contributed by atoms with van der Waals surface area (Å²) in [5, 5.41) is 0. The summed E-state index contributed by atoms with van der Waals surface area (Å²) in [4.78, 5) is 12.6. The largest absolute Gasteiger partial charge is 0.469 e.